The van der Waals surface area contributed by atoms with Crippen molar-refractivity contribution in [1.82, 2.24) is 5.48 Å². The molecule has 0 saturated heterocycles. The SMILES string of the molecule is C[Si](C)(C)CCOC(=O)C(CCCCN)NOCc1ccccc1. The van der Waals surface area contributed by atoms with Gasteiger partial charge in [-0.05, 0) is 37.4 Å². The summed E-state index contributed by atoms with van der Waals surface area (Å²) in [7, 11) is -1.20. The minimum Gasteiger partial charge on any atom is -0.465 e. The molecule has 1 unspecified atom stereocenters. The van der Waals surface area contributed by atoms with Crippen LogP contribution in [0.4, 0.5) is 0 Å². The molecule has 1 aromatic carbocycles. The molecule has 0 aliphatic heterocycles. The zero-order valence-electron chi connectivity index (χ0n) is 15.2. The first kappa shape index (κ1) is 20.8. The molecular weight excluding hydrogens is 320 g/mol. The van der Waals surface area contributed by atoms with E-state index in [0.29, 0.717) is 26.2 Å². The molecule has 0 radical (unpaired) electrons. The highest BCUT2D eigenvalue weighted by Crippen LogP contribution is 2.10. The average molecular weight is 353 g/mol. The summed E-state index contributed by atoms with van der Waals surface area (Å²) in [6, 6.07) is 10.4. The van der Waals surface area contributed by atoms with Gasteiger partial charge in [-0.3, -0.25) is 9.63 Å². The lowest BCUT2D eigenvalue weighted by molar-refractivity contribution is -0.151. The second-order valence-corrected chi connectivity index (χ2v) is 12.8. The number of hydroxylamine groups is 1. The van der Waals surface area contributed by atoms with Crippen LogP contribution in [-0.4, -0.2) is 33.2 Å². The Hall–Kier alpha value is -1.21. The average Bonchev–Trinajstić information content (AvgIpc) is 2.53. The molecule has 0 heterocycles. The van der Waals surface area contributed by atoms with Gasteiger partial charge >= 0.3 is 5.97 Å². The van der Waals surface area contributed by atoms with Gasteiger partial charge in [0, 0.05) is 8.07 Å². The van der Waals surface area contributed by atoms with Gasteiger partial charge in [0.1, 0.15) is 6.04 Å². The second-order valence-electron chi connectivity index (χ2n) is 7.21. The predicted octanol–water partition coefficient (Wildman–Crippen LogP) is 3.09. The van der Waals surface area contributed by atoms with E-state index in [-0.39, 0.29) is 5.97 Å². The standard InChI is InChI=1S/C18H32N2O3Si/c1-24(2,3)14-13-22-18(21)17(11-7-8-12-19)20-23-15-16-9-5-4-6-10-16/h4-6,9-10,17,20H,7-8,11-15,19H2,1-3H3. The minimum atomic E-state index is -1.20. The van der Waals surface area contributed by atoms with E-state index in [1.165, 1.54) is 0 Å². The van der Waals surface area contributed by atoms with Crippen molar-refractivity contribution in [2.24, 2.45) is 5.73 Å². The first-order valence-electron chi connectivity index (χ1n) is 8.70. The zero-order chi connectivity index (χ0) is 17.8. The predicted molar refractivity (Wildman–Crippen MR) is 100 cm³/mol. The van der Waals surface area contributed by atoms with Gasteiger partial charge in [-0.1, -0.05) is 50.0 Å². The lowest BCUT2D eigenvalue weighted by atomic mass is 10.1. The molecule has 1 rings (SSSR count). The van der Waals surface area contributed by atoms with Gasteiger partial charge in [-0.2, -0.15) is 5.48 Å². The monoisotopic (exact) mass is 352 g/mol. The number of ether oxygens (including phenoxy) is 1. The quantitative estimate of drug-likeness (QED) is 0.262. The van der Waals surface area contributed by atoms with Crippen molar-refractivity contribution in [3.05, 3.63) is 35.9 Å². The van der Waals surface area contributed by atoms with Gasteiger partial charge in [0.05, 0.1) is 13.2 Å². The molecule has 0 aromatic heterocycles. The van der Waals surface area contributed by atoms with E-state index in [4.69, 9.17) is 15.3 Å². The molecule has 0 saturated carbocycles. The fraction of sp³-hybridized carbons (Fsp3) is 0.611. The van der Waals surface area contributed by atoms with Gasteiger partial charge in [-0.15, -0.1) is 0 Å². The van der Waals surface area contributed by atoms with Crippen LogP contribution in [-0.2, 0) is 21.0 Å². The van der Waals surface area contributed by atoms with Crippen LogP contribution in [0.15, 0.2) is 30.3 Å². The third-order valence-electron chi connectivity index (χ3n) is 3.64. The Morgan fingerprint density at radius 2 is 1.92 bits per heavy atom. The van der Waals surface area contributed by atoms with Crippen molar-refractivity contribution >= 4 is 14.0 Å². The van der Waals surface area contributed by atoms with E-state index < -0.39 is 14.1 Å². The van der Waals surface area contributed by atoms with Crippen molar-refractivity contribution in [2.45, 2.75) is 57.6 Å². The molecule has 5 nitrogen and oxygen atoms in total. The number of benzene rings is 1. The fourth-order valence-electron chi connectivity index (χ4n) is 2.08. The third kappa shape index (κ3) is 9.82. The normalized spacial score (nSPS) is 12.8. The Morgan fingerprint density at radius 3 is 2.54 bits per heavy atom. The highest BCUT2D eigenvalue weighted by Gasteiger charge is 2.21. The molecule has 136 valence electrons. The number of unbranched alkanes of at least 4 members (excludes halogenated alkanes) is 1. The molecule has 0 fully saturated rings. The van der Waals surface area contributed by atoms with Crippen LogP contribution in [0.1, 0.15) is 24.8 Å². The summed E-state index contributed by atoms with van der Waals surface area (Å²) < 4.78 is 5.44. The topological polar surface area (TPSA) is 73.6 Å². The molecule has 0 bridgehead atoms. The summed E-state index contributed by atoms with van der Waals surface area (Å²) in [4.78, 5) is 17.8. The van der Waals surface area contributed by atoms with Gasteiger partial charge in [0.25, 0.3) is 0 Å². The molecular formula is C18H32N2O3Si. The zero-order valence-corrected chi connectivity index (χ0v) is 16.2. The maximum absolute atomic E-state index is 12.3. The van der Waals surface area contributed by atoms with Gasteiger partial charge in [0.2, 0.25) is 0 Å². The van der Waals surface area contributed by atoms with Crippen LogP contribution in [0.5, 0.6) is 0 Å². The van der Waals surface area contributed by atoms with Crippen molar-refractivity contribution in [3.63, 3.8) is 0 Å². The summed E-state index contributed by atoms with van der Waals surface area (Å²) in [6.45, 7) is 8.32. The molecule has 24 heavy (non-hydrogen) atoms. The number of hydrogen-bond donors (Lipinski definition) is 2. The summed E-state index contributed by atoms with van der Waals surface area (Å²) >= 11 is 0. The van der Waals surface area contributed by atoms with Gasteiger partial charge < -0.3 is 10.5 Å². The van der Waals surface area contributed by atoms with Crippen molar-refractivity contribution < 1.29 is 14.4 Å². The van der Waals surface area contributed by atoms with Gasteiger partial charge in [-0.25, -0.2) is 0 Å². The molecule has 1 aromatic rings. The van der Waals surface area contributed by atoms with E-state index in [2.05, 4.69) is 25.1 Å². The largest absolute Gasteiger partial charge is 0.465 e. The molecule has 0 aliphatic carbocycles. The number of nitrogens with one attached hydrogen (secondary N) is 1. The fourth-order valence-corrected chi connectivity index (χ4v) is 2.79. The molecule has 6 heteroatoms. The smallest absolute Gasteiger partial charge is 0.325 e. The number of hydrogen-bond acceptors (Lipinski definition) is 5. The first-order valence-corrected chi connectivity index (χ1v) is 12.4. The first-order chi connectivity index (χ1) is 11.4. The second kappa shape index (κ2) is 11.4. The molecule has 0 aliphatic rings. The van der Waals surface area contributed by atoms with E-state index in [1.807, 2.05) is 30.3 Å². The number of nitrogens with two attached hydrogens (primary N) is 1. The molecule has 0 amide bonds. The minimum absolute atomic E-state index is 0.238. The highest BCUT2D eigenvalue weighted by molar-refractivity contribution is 6.76. The Bertz CT molecular complexity index is 463. The van der Waals surface area contributed by atoms with E-state index in [9.17, 15) is 4.79 Å². The maximum Gasteiger partial charge on any atom is 0.325 e. The van der Waals surface area contributed by atoms with Crippen LogP contribution in [0, 0.1) is 0 Å². The Labute approximate surface area is 146 Å². The summed E-state index contributed by atoms with van der Waals surface area (Å²) in [6.07, 6.45) is 2.42. The summed E-state index contributed by atoms with van der Waals surface area (Å²) in [5.74, 6) is -0.238. The van der Waals surface area contributed by atoms with Crippen LogP contribution < -0.4 is 11.2 Å². The Kier molecular flexibility index (Phi) is 9.86. The van der Waals surface area contributed by atoms with E-state index >= 15 is 0 Å². The van der Waals surface area contributed by atoms with Gasteiger partial charge in [0.15, 0.2) is 0 Å². The number of rotatable bonds is 12. The van der Waals surface area contributed by atoms with E-state index in [1.54, 1.807) is 0 Å². The van der Waals surface area contributed by atoms with Crippen LogP contribution in [0.3, 0.4) is 0 Å². The molecule has 0 spiro atoms. The van der Waals surface area contributed by atoms with Crippen molar-refractivity contribution in [3.8, 4) is 0 Å². The van der Waals surface area contributed by atoms with Crippen LogP contribution >= 0.6 is 0 Å². The Balaban J connectivity index is 2.41. The summed E-state index contributed by atoms with van der Waals surface area (Å²) in [5.41, 5.74) is 9.46. The highest BCUT2D eigenvalue weighted by atomic mass is 28.3. The maximum atomic E-state index is 12.3. The lowest BCUT2D eigenvalue weighted by Gasteiger charge is -2.19. The van der Waals surface area contributed by atoms with Crippen LogP contribution in [0.25, 0.3) is 0 Å². The van der Waals surface area contributed by atoms with Crippen LogP contribution in [0.2, 0.25) is 25.7 Å². The van der Waals surface area contributed by atoms with Crippen molar-refractivity contribution in [1.29, 1.82) is 0 Å². The number of carbonyl (C=O) groups excluding carboxylic acids is 1. The summed E-state index contributed by atoms with van der Waals surface area (Å²) in [5, 5.41) is 0. The molecule has 1 atom stereocenters. The third-order valence-corrected chi connectivity index (χ3v) is 5.34. The lowest BCUT2D eigenvalue weighted by Crippen LogP contribution is -2.38. The molecule has 3 N–H and O–H groups in total. The Morgan fingerprint density at radius 1 is 1.21 bits per heavy atom. The number of esters is 1. The van der Waals surface area contributed by atoms with E-state index in [0.717, 1.165) is 24.4 Å². The van der Waals surface area contributed by atoms with Crippen molar-refractivity contribution in [2.75, 3.05) is 13.2 Å². The number of carbonyl (C=O) groups is 1.